The average Bonchev–Trinajstić information content (AvgIpc) is 2.99. The molecule has 3 N–H and O–H groups in total. The van der Waals surface area contributed by atoms with Crippen LogP contribution in [0.1, 0.15) is 5.56 Å². The summed E-state index contributed by atoms with van der Waals surface area (Å²) in [7, 11) is -3.32. The number of H-pyrrole nitrogens is 1. The van der Waals surface area contributed by atoms with Gasteiger partial charge < -0.3 is 5.32 Å². The number of nitrogens with one attached hydrogen (secondary N) is 3. The Morgan fingerprint density at radius 3 is 2.79 bits per heavy atom. The van der Waals surface area contributed by atoms with Crippen molar-refractivity contribution in [1.29, 1.82) is 0 Å². The van der Waals surface area contributed by atoms with E-state index in [2.05, 4.69) is 25.0 Å². The number of rotatable bonds is 8. The molecule has 8 nitrogen and oxygen atoms in total. The summed E-state index contributed by atoms with van der Waals surface area (Å²) in [5.41, 5.74) is 0.477. The van der Waals surface area contributed by atoms with Gasteiger partial charge in [0, 0.05) is 24.4 Å². The van der Waals surface area contributed by atoms with Gasteiger partial charge in [0.25, 0.3) is 0 Å². The molecule has 0 saturated carbocycles. The molecule has 0 atom stereocenters. The maximum Gasteiger partial charge on any atom is 0.306 e. The Hall–Kier alpha value is -2.09. The van der Waals surface area contributed by atoms with Crippen molar-refractivity contribution >= 4 is 49.3 Å². The van der Waals surface area contributed by atoms with Crippen LogP contribution in [0.5, 0.6) is 0 Å². The van der Waals surface area contributed by atoms with Crippen molar-refractivity contribution in [3.63, 3.8) is 0 Å². The fraction of sp³-hybridized carbons (Fsp3) is 0.267. The van der Waals surface area contributed by atoms with Gasteiger partial charge >= 0.3 is 4.87 Å². The van der Waals surface area contributed by atoms with Crippen molar-refractivity contribution in [3.05, 3.63) is 45.1 Å². The van der Waals surface area contributed by atoms with Crippen LogP contribution in [0.25, 0.3) is 10.3 Å². The molecule has 2 aromatic heterocycles. The monoisotopic (exact) mass is 447 g/mol. The summed E-state index contributed by atoms with van der Waals surface area (Å²) in [6.07, 6.45) is 1.05. The minimum absolute atomic E-state index is 0.0958. The predicted octanol–water partition coefficient (Wildman–Crippen LogP) is 1.91. The van der Waals surface area contributed by atoms with E-state index >= 15 is 0 Å². The standard InChI is InChI=1S/C15H15F2N5O3S3/c1-28(24,25)19-6-5-18-12-11-13(22-15(23)27-11)21-14(20-12)26-7-8-3-2-4-9(16)10(8)17/h2-4,19H,5-7H2,1H3,(H2,18,20,21,22,23). The second kappa shape index (κ2) is 8.51. The van der Waals surface area contributed by atoms with Crippen molar-refractivity contribution in [2.75, 3.05) is 24.7 Å². The maximum atomic E-state index is 13.8. The zero-order chi connectivity index (χ0) is 20.3. The van der Waals surface area contributed by atoms with Gasteiger partial charge in [0.1, 0.15) is 4.70 Å². The molecule has 0 spiro atoms. The number of hydrogen-bond donors (Lipinski definition) is 3. The van der Waals surface area contributed by atoms with Crippen LogP contribution in [0.3, 0.4) is 0 Å². The van der Waals surface area contributed by atoms with E-state index in [4.69, 9.17) is 0 Å². The van der Waals surface area contributed by atoms with Gasteiger partial charge in [0.15, 0.2) is 28.3 Å². The number of hydrogen-bond acceptors (Lipinski definition) is 8. The predicted molar refractivity (Wildman–Crippen MR) is 105 cm³/mol. The normalized spacial score (nSPS) is 11.8. The fourth-order valence-corrected chi connectivity index (χ4v) is 4.26. The van der Waals surface area contributed by atoms with Gasteiger partial charge in [-0.25, -0.2) is 31.9 Å². The van der Waals surface area contributed by atoms with E-state index in [1.807, 2.05) is 0 Å². The van der Waals surface area contributed by atoms with E-state index < -0.39 is 21.7 Å². The summed E-state index contributed by atoms with van der Waals surface area (Å²) in [5, 5.41) is 3.21. The second-order valence-corrected chi connectivity index (χ2v) is 9.40. The van der Waals surface area contributed by atoms with Crippen LogP contribution in [-0.2, 0) is 15.8 Å². The lowest BCUT2D eigenvalue weighted by molar-refractivity contribution is 0.502. The van der Waals surface area contributed by atoms with Gasteiger partial charge in [-0.1, -0.05) is 35.2 Å². The molecule has 0 aliphatic rings. The first-order valence-corrected chi connectivity index (χ1v) is 11.6. The number of aromatic nitrogens is 3. The largest absolute Gasteiger partial charge is 0.367 e. The van der Waals surface area contributed by atoms with Crippen molar-refractivity contribution < 1.29 is 17.2 Å². The molecular formula is C15H15F2N5O3S3. The van der Waals surface area contributed by atoms with Crippen LogP contribution in [-0.4, -0.2) is 42.7 Å². The van der Waals surface area contributed by atoms with Crippen molar-refractivity contribution in [2.24, 2.45) is 0 Å². The number of aromatic amines is 1. The molecule has 150 valence electrons. The molecule has 0 saturated heterocycles. The lowest BCUT2D eigenvalue weighted by Crippen LogP contribution is -2.27. The van der Waals surface area contributed by atoms with Gasteiger partial charge in [0.05, 0.1) is 6.26 Å². The van der Waals surface area contributed by atoms with E-state index in [1.54, 1.807) is 0 Å². The van der Waals surface area contributed by atoms with Crippen LogP contribution < -0.4 is 14.9 Å². The van der Waals surface area contributed by atoms with E-state index in [-0.39, 0.29) is 34.4 Å². The number of nitrogens with zero attached hydrogens (tertiary/aromatic N) is 2. The second-order valence-electron chi connectivity index (χ2n) is 5.64. The number of sulfonamides is 1. The third-order valence-corrected chi connectivity index (χ3v) is 5.93. The van der Waals surface area contributed by atoms with Crippen LogP contribution in [0.2, 0.25) is 0 Å². The Labute approximate surface area is 166 Å². The Morgan fingerprint density at radius 2 is 2.04 bits per heavy atom. The molecule has 0 radical (unpaired) electrons. The smallest absolute Gasteiger partial charge is 0.306 e. The highest BCUT2D eigenvalue weighted by Crippen LogP contribution is 2.27. The van der Waals surface area contributed by atoms with Gasteiger partial charge in [-0.3, -0.25) is 9.78 Å². The molecule has 0 bridgehead atoms. The molecule has 13 heteroatoms. The topological polar surface area (TPSA) is 117 Å². The van der Waals surface area contributed by atoms with Gasteiger partial charge in [-0.2, -0.15) is 0 Å². The number of thiazole rings is 1. The summed E-state index contributed by atoms with van der Waals surface area (Å²) >= 11 is 1.99. The van der Waals surface area contributed by atoms with E-state index in [9.17, 15) is 22.0 Å². The quantitative estimate of drug-likeness (QED) is 0.274. The summed E-state index contributed by atoms with van der Waals surface area (Å²) in [4.78, 5) is 22.5. The number of thioether (sulfide) groups is 1. The number of anilines is 1. The van der Waals surface area contributed by atoms with Gasteiger partial charge in [-0.15, -0.1) is 0 Å². The van der Waals surface area contributed by atoms with Gasteiger partial charge in [-0.05, 0) is 6.07 Å². The highest BCUT2D eigenvalue weighted by molar-refractivity contribution is 7.98. The molecule has 0 aliphatic carbocycles. The Balaban J connectivity index is 1.79. The number of fused-ring (bicyclic) bond motifs is 1. The Kier molecular flexibility index (Phi) is 6.27. The third-order valence-electron chi connectivity index (χ3n) is 3.43. The maximum absolute atomic E-state index is 13.8. The lowest BCUT2D eigenvalue weighted by Gasteiger charge is -2.09. The minimum Gasteiger partial charge on any atom is -0.367 e. The van der Waals surface area contributed by atoms with E-state index in [1.165, 1.54) is 12.1 Å². The third kappa shape index (κ3) is 5.25. The molecule has 0 amide bonds. The highest BCUT2D eigenvalue weighted by atomic mass is 32.2. The van der Waals surface area contributed by atoms with Crippen molar-refractivity contribution in [2.45, 2.75) is 10.9 Å². The van der Waals surface area contributed by atoms with Crippen LogP contribution in [0.15, 0.2) is 28.2 Å². The van der Waals surface area contributed by atoms with Crippen molar-refractivity contribution in [3.8, 4) is 0 Å². The first-order chi connectivity index (χ1) is 13.2. The highest BCUT2D eigenvalue weighted by Gasteiger charge is 2.14. The molecule has 3 rings (SSSR count). The zero-order valence-electron chi connectivity index (χ0n) is 14.5. The lowest BCUT2D eigenvalue weighted by atomic mass is 10.2. The van der Waals surface area contributed by atoms with E-state index in [0.717, 1.165) is 35.4 Å². The van der Waals surface area contributed by atoms with Crippen LogP contribution >= 0.6 is 23.1 Å². The molecule has 0 fully saturated rings. The van der Waals surface area contributed by atoms with Crippen LogP contribution in [0, 0.1) is 11.6 Å². The van der Waals surface area contributed by atoms with Crippen LogP contribution in [0.4, 0.5) is 14.6 Å². The summed E-state index contributed by atoms with van der Waals surface area (Å²) in [6.45, 7) is 0.356. The fourth-order valence-electron chi connectivity index (χ4n) is 2.23. The Morgan fingerprint density at radius 1 is 1.25 bits per heavy atom. The summed E-state index contributed by atoms with van der Waals surface area (Å²) in [6, 6.07) is 3.91. The number of halogens is 2. The molecule has 0 unspecified atom stereocenters. The molecule has 2 heterocycles. The average molecular weight is 448 g/mol. The SMILES string of the molecule is CS(=O)(=O)NCCNc1nc(SCc2cccc(F)c2F)nc2[nH]c(=O)sc12. The van der Waals surface area contributed by atoms with E-state index in [0.29, 0.717) is 16.2 Å². The molecule has 28 heavy (non-hydrogen) atoms. The first kappa shape index (κ1) is 20.6. The summed E-state index contributed by atoms with van der Waals surface area (Å²) < 4.78 is 52.2. The summed E-state index contributed by atoms with van der Waals surface area (Å²) in [5.74, 6) is -1.41. The molecular weight excluding hydrogens is 432 g/mol. The van der Waals surface area contributed by atoms with Gasteiger partial charge in [0.2, 0.25) is 10.0 Å². The minimum atomic E-state index is -3.32. The first-order valence-electron chi connectivity index (χ1n) is 7.88. The van der Waals surface area contributed by atoms with Crippen molar-refractivity contribution in [1.82, 2.24) is 19.7 Å². The molecule has 3 aromatic rings. The Bertz CT molecular complexity index is 1160. The number of benzene rings is 1. The molecule has 0 aliphatic heterocycles. The molecule has 1 aromatic carbocycles. The zero-order valence-corrected chi connectivity index (χ0v) is 16.9.